The molecule has 0 aliphatic heterocycles. The van der Waals surface area contributed by atoms with Gasteiger partial charge in [-0.15, -0.1) is 0 Å². The van der Waals surface area contributed by atoms with Crippen LogP contribution in [0.5, 0.6) is 0 Å². The number of unbranched alkanes of at least 4 members (excludes halogenated alkanes) is 1. The first kappa shape index (κ1) is 11.1. The summed E-state index contributed by atoms with van der Waals surface area (Å²) in [5, 5.41) is 0. The average Bonchev–Trinajstić information content (AvgIpc) is 2.13. The Morgan fingerprint density at radius 3 is 2.29 bits per heavy atom. The van der Waals surface area contributed by atoms with Crippen molar-refractivity contribution >= 4 is 0 Å². The molecule has 0 nitrogen and oxygen atoms in total. The third kappa shape index (κ3) is 4.90. The van der Waals surface area contributed by atoms with Crippen LogP contribution in [0.2, 0.25) is 0 Å². The minimum absolute atomic E-state index is 0.210. The summed E-state index contributed by atoms with van der Waals surface area (Å²) in [6, 6.07) is 10.2. The number of benzene rings is 1. The molecule has 0 fully saturated rings. The molecule has 1 rings (SSSR count). The minimum Gasteiger partial charge on any atom is -0.171 e. The molecule has 0 bridgehead atoms. The lowest BCUT2D eigenvalue weighted by molar-refractivity contribution is -0.135. The molecule has 0 saturated carbocycles. The van der Waals surface area contributed by atoms with E-state index in [1.165, 1.54) is 0 Å². The van der Waals surface area contributed by atoms with E-state index in [0.29, 0.717) is 12.8 Å². The van der Waals surface area contributed by atoms with Gasteiger partial charge in [0.1, 0.15) is 0 Å². The van der Waals surface area contributed by atoms with Crippen LogP contribution in [0.3, 0.4) is 0 Å². The summed E-state index contributed by atoms with van der Waals surface area (Å²) < 4.78 is 35.3. The van der Waals surface area contributed by atoms with Crippen LogP contribution >= 0.6 is 0 Å². The maximum Gasteiger partial charge on any atom is 0.389 e. The number of hydrogen-bond acceptors (Lipinski definition) is 0. The number of aryl methyl sites for hydroxylation is 1. The molecule has 1 radical (unpaired) electrons. The Kier molecular flexibility index (Phi) is 3.98. The summed E-state index contributed by atoms with van der Waals surface area (Å²) in [6.07, 6.45) is -3.17. The molecule has 3 heteroatoms. The molecule has 77 valence electrons. The van der Waals surface area contributed by atoms with Crippen LogP contribution in [-0.2, 0) is 6.42 Å². The van der Waals surface area contributed by atoms with E-state index in [-0.39, 0.29) is 6.42 Å². The number of hydrogen-bond donors (Lipinski definition) is 0. The van der Waals surface area contributed by atoms with E-state index in [4.69, 9.17) is 0 Å². The second-order valence-corrected chi connectivity index (χ2v) is 3.23. The third-order valence-electron chi connectivity index (χ3n) is 1.96. The minimum atomic E-state index is -4.01. The molecule has 0 aliphatic carbocycles. The van der Waals surface area contributed by atoms with Gasteiger partial charge in [-0.2, -0.15) is 13.2 Å². The molecule has 0 saturated heterocycles. The Morgan fingerprint density at radius 1 is 1.07 bits per heavy atom. The van der Waals surface area contributed by atoms with Crippen molar-refractivity contribution in [2.24, 2.45) is 0 Å². The smallest absolute Gasteiger partial charge is 0.171 e. The molecule has 0 heterocycles. The van der Waals surface area contributed by atoms with Crippen molar-refractivity contribution in [3.63, 3.8) is 0 Å². The lowest BCUT2D eigenvalue weighted by Gasteiger charge is -2.05. The molecule has 0 unspecified atom stereocenters. The van der Waals surface area contributed by atoms with E-state index in [1.54, 1.807) is 12.1 Å². The molecular formula is C11H12F3. The highest BCUT2D eigenvalue weighted by molar-refractivity contribution is 5.13. The summed E-state index contributed by atoms with van der Waals surface area (Å²) in [4.78, 5) is 0. The van der Waals surface area contributed by atoms with E-state index in [1.807, 2.05) is 12.1 Å². The summed E-state index contributed by atoms with van der Waals surface area (Å²) in [5.41, 5.74) is 1.07. The molecule has 1 aromatic carbocycles. The zero-order chi connectivity index (χ0) is 10.4. The molecule has 14 heavy (non-hydrogen) atoms. The van der Waals surface area contributed by atoms with Gasteiger partial charge in [-0.1, -0.05) is 24.3 Å². The Morgan fingerprint density at radius 2 is 1.71 bits per heavy atom. The third-order valence-corrected chi connectivity index (χ3v) is 1.96. The number of rotatable bonds is 4. The topological polar surface area (TPSA) is 0 Å². The zero-order valence-electron chi connectivity index (χ0n) is 7.77. The van der Waals surface area contributed by atoms with Crippen molar-refractivity contribution in [3.8, 4) is 0 Å². The fraction of sp³-hybridized carbons (Fsp3) is 0.455. The van der Waals surface area contributed by atoms with Gasteiger partial charge in [-0.3, -0.25) is 0 Å². The number of halogens is 3. The molecule has 0 amide bonds. The average molecular weight is 201 g/mol. The highest BCUT2D eigenvalue weighted by Crippen LogP contribution is 2.22. The standard InChI is InChI=1S/C11H12F3/c12-11(13,14)9-5-4-8-10-6-2-1-3-7-10/h2-3,6-7H,4-5,8-9H2. The monoisotopic (exact) mass is 201 g/mol. The zero-order valence-corrected chi connectivity index (χ0v) is 7.77. The van der Waals surface area contributed by atoms with Gasteiger partial charge in [0.2, 0.25) is 0 Å². The molecule has 0 atom stereocenters. The Bertz CT molecular complexity index is 251. The van der Waals surface area contributed by atoms with Crippen LogP contribution in [0.15, 0.2) is 24.3 Å². The van der Waals surface area contributed by atoms with Crippen molar-refractivity contribution in [2.75, 3.05) is 0 Å². The van der Waals surface area contributed by atoms with E-state index in [2.05, 4.69) is 6.07 Å². The van der Waals surface area contributed by atoms with E-state index in [0.717, 1.165) is 5.56 Å². The van der Waals surface area contributed by atoms with Crippen LogP contribution in [0.25, 0.3) is 0 Å². The first-order valence-electron chi connectivity index (χ1n) is 4.60. The van der Waals surface area contributed by atoms with Crippen LogP contribution in [0.1, 0.15) is 24.8 Å². The predicted octanol–water partition coefficient (Wildman–Crippen LogP) is 3.76. The highest BCUT2D eigenvalue weighted by Gasteiger charge is 2.25. The van der Waals surface area contributed by atoms with Crippen molar-refractivity contribution in [1.29, 1.82) is 0 Å². The van der Waals surface area contributed by atoms with E-state index < -0.39 is 12.6 Å². The molecular weight excluding hydrogens is 189 g/mol. The van der Waals surface area contributed by atoms with Gasteiger partial charge in [-0.25, -0.2) is 0 Å². The maximum absolute atomic E-state index is 11.8. The molecule has 0 N–H and O–H groups in total. The van der Waals surface area contributed by atoms with Crippen molar-refractivity contribution in [3.05, 3.63) is 35.9 Å². The van der Waals surface area contributed by atoms with Gasteiger partial charge in [0.05, 0.1) is 0 Å². The lowest BCUT2D eigenvalue weighted by atomic mass is 10.1. The van der Waals surface area contributed by atoms with Gasteiger partial charge < -0.3 is 0 Å². The molecule has 0 spiro atoms. The van der Waals surface area contributed by atoms with Crippen molar-refractivity contribution in [2.45, 2.75) is 31.9 Å². The Hall–Kier alpha value is -0.990. The predicted molar refractivity (Wildman–Crippen MR) is 48.9 cm³/mol. The Labute approximate surface area is 81.8 Å². The molecule has 0 aromatic heterocycles. The molecule has 0 aliphatic rings. The van der Waals surface area contributed by atoms with Crippen LogP contribution < -0.4 is 0 Å². The maximum atomic E-state index is 11.8. The highest BCUT2D eigenvalue weighted by atomic mass is 19.4. The van der Waals surface area contributed by atoms with Crippen molar-refractivity contribution < 1.29 is 13.2 Å². The van der Waals surface area contributed by atoms with Crippen LogP contribution in [0, 0.1) is 6.07 Å². The SMILES string of the molecule is FC(F)(F)CCCCc1cc[c]cc1. The van der Waals surface area contributed by atoms with Gasteiger partial charge in [-0.05, 0) is 30.9 Å². The first-order valence-corrected chi connectivity index (χ1v) is 4.60. The number of alkyl halides is 3. The van der Waals surface area contributed by atoms with Gasteiger partial charge in [0, 0.05) is 6.42 Å². The Balaban J connectivity index is 2.17. The fourth-order valence-electron chi connectivity index (χ4n) is 1.24. The summed E-state index contributed by atoms with van der Waals surface area (Å²) in [7, 11) is 0. The van der Waals surface area contributed by atoms with Crippen LogP contribution in [0.4, 0.5) is 13.2 Å². The lowest BCUT2D eigenvalue weighted by Crippen LogP contribution is -2.06. The van der Waals surface area contributed by atoms with E-state index >= 15 is 0 Å². The van der Waals surface area contributed by atoms with Gasteiger partial charge in [0.15, 0.2) is 0 Å². The quantitative estimate of drug-likeness (QED) is 0.650. The normalized spacial score (nSPS) is 11.6. The second-order valence-electron chi connectivity index (χ2n) is 3.23. The first-order chi connectivity index (χ1) is 6.58. The van der Waals surface area contributed by atoms with Gasteiger partial charge >= 0.3 is 6.18 Å². The summed E-state index contributed by atoms with van der Waals surface area (Å²) in [6.45, 7) is 0. The largest absolute Gasteiger partial charge is 0.389 e. The van der Waals surface area contributed by atoms with E-state index in [9.17, 15) is 13.2 Å². The second kappa shape index (κ2) is 5.03. The van der Waals surface area contributed by atoms with Crippen LogP contribution in [-0.4, -0.2) is 6.18 Å². The summed E-state index contributed by atoms with van der Waals surface area (Å²) in [5.74, 6) is 0. The van der Waals surface area contributed by atoms with Crippen molar-refractivity contribution in [1.82, 2.24) is 0 Å². The molecule has 1 aromatic rings. The van der Waals surface area contributed by atoms with Gasteiger partial charge in [0.25, 0.3) is 0 Å². The fourth-order valence-corrected chi connectivity index (χ4v) is 1.24. The summed E-state index contributed by atoms with van der Waals surface area (Å²) >= 11 is 0.